The first-order chi connectivity index (χ1) is 15.9. The molecule has 0 bridgehead atoms. The van der Waals surface area contributed by atoms with Gasteiger partial charge in [-0.25, -0.2) is 9.18 Å². The number of aromatic nitrogens is 2. The van der Waals surface area contributed by atoms with Crippen LogP contribution in [0.5, 0.6) is 0 Å². The van der Waals surface area contributed by atoms with Crippen molar-refractivity contribution < 1.29 is 27.1 Å². The highest BCUT2D eigenvalue weighted by Gasteiger charge is 2.31. The molecule has 0 radical (unpaired) electrons. The molecule has 1 atom stereocenters. The summed E-state index contributed by atoms with van der Waals surface area (Å²) in [6.45, 7) is 6.20. The third kappa shape index (κ3) is 5.05. The van der Waals surface area contributed by atoms with E-state index in [2.05, 4.69) is 15.5 Å². The first-order valence-electron chi connectivity index (χ1n) is 10.8. The molecular formula is C24H24F4N4O2. The van der Waals surface area contributed by atoms with Crippen LogP contribution in [0.3, 0.4) is 0 Å². The average Bonchev–Trinajstić information content (AvgIpc) is 3.21. The largest absolute Gasteiger partial charge is 0.444 e. The average molecular weight is 476 g/mol. The number of nitrogens with one attached hydrogen (secondary N) is 1. The van der Waals surface area contributed by atoms with Crippen LogP contribution in [0.25, 0.3) is 22.0 Å². The van der Waals surface area contributed by atoms with Crippen LogP contribution in [-0.2, 0) is 10.9 Å². The molecule has 1 saturated heterocycles. The number of rotatable bonds is 3. The second kappa shape index (κ2) is 8.73. The number of amides is 1. The fraction of sp³-hybridized carbons (Fsp3) is 0.375. The van der Waals surface area contributed by atoms with Crippen molar-refractivity contribution in [3.63, 3.8) is 0 Å². The summed E-state index contributed by atoms with van der Waals surface area (Å²) in [6, 6.07) is 8.74. The lowest BCUT2D eigenvalue weighted by molar-refractivity contribution is -0.137. The number of likely N-dealkylation sites (tertiary alicyclic amines) is 1. The minimum atomic E-state index is -4.46. The second-order valence-corrected chi connectivity index (χ2v) is 9.19. The van der Waals surface area contributed by atoms with E-state index in [1.807, 2.05) is 0 Å². The third-order valence-electron chi connectivity index (χ3n) is 5.42. The highest BCUT2D eigenvalue weighted by atomic mass is 19.4. The monoisotopic (exact) mass is 476 g/mol. The predicted molar refractivity (Wildman–Crippen MR) is 120 cm³/mol. The zero-order chi connectivity index (χ0) is 24.7. The summed E-state index contributed by atoms with van der Waals surface area (Å²) >= 11 is 0. The van der Waals surface area contributed by atoms with E-state index < -0.39 is 29.3 Å². The van der Waals surface area contributed by atoms with Crippen LogP contribution in [0.4, 0.5) is 28.2 Å². The standard InChI is InChI=1S/C24H24F4N4O2/c1-23(2,3)34-22(33)32-12-11-16(13-32)29-21-19-17(5-4-6-18(19)25)20(30-31-21)14-7-9-15(10-8-14)24(26,27)28/h4-10,16H,11-13H2,1-3H3,(H,29,31)/t16-/m0/s1. The van der Waals surface area contributed by atoms with E-state index in [0.717, 1.165) is 12.1 Å². The van der Waals surface area contributed by atoms with Gasteiger partial charge in [-0.15, -0.1) is 10.2 Å². The number of hydrogen-bond donors (Lipinski definition) is 1. The Morgan fingerprint density at radius 3 is 2.44 bits per heavy atom. The Hall–Kier alpha value is -3.43. The van der Waals surface area contributed by atoms with Crippen LogP contribution < -0.4 is 5.32 Å². The van der Waals surface area contributed by atoms with Crippen LogP contribution >= 0.6 is 0 Å². The Bertz CT molecular complexity index is 1210. The lowest BCUT2D eigenvalue weighted by Gasteiger charge is -2.24. The van der Waals surface area contributed by atoms with Gasteiger partial charge in [0.25, 0.3) is 0 Å². The van der Waals surface area contributed by atoms with Crippen LogP contribution in [0.15, 0.2) is 42.5 Å². The number of benzene rings is 2. The quantitative estimate of drug-likeness (QED) is 0.479. The molecule has 1 fully saturated rings. The van der Waals surface area contributed by atoms with E-state index in [9.17, 15) is 22.4 Å². The lowest BCUT2D eigenvalue weighted by atomic mass is 10.0. The van der Waals surface area contributed by atoms with Gasteiger partial charge in [0.2, 0.25) is 0 Å². The Morgan fingerprint density at radius 2 is 1.79 bits per heavy atom. The molecular weight excluding hydrogens is 452 g/mol. The molecule has 4 rings (SSSR count). The van der Waals surface area contributed by atoms with Gasteiger partial charge in [0.15, 0.2) is 5.82 Å². The van der Waals surface area contributed by atoms with Gasteiger partial charge in [-0.05, 0) is 45.4 Å². The smallest absolute Gasteiger partial charge is 0.416 e. The van der Waals surface area contributed by atoms with Crippen LogP contribution in [0.1, 0.15) is 32.8 Å². The molecule has 1 N–H and O–H groups in total. The molecule has 1 aromatic heterocycles. The maximum Gasteiger partial charge on any atom is 0.416 e. The summed E-state index contributed by atoms with van der Waals surface area (Å²) < 4.78 is 59.0. The number of carbonyl (C=O) groups excluding carboxylic acids is 1. The van der Waals surface area contributed by atoms with Crippen molar-refractivity contribution in [1.82, 2.24) is 15.1 Å². The summed E-state index contributed by atoms with van der Waals surface area (Å²) in [7, 11) is 0. The second-order valence-electron chi connectivity index (χ2n) is 9.19. The van der Waals surface area contributed by atoms with Crippen molar-refractivity contribution in [3.8, 4) is 11.3 Å². The molecule has 1 amide bonds. The maximum atomic E-state index is 14.9. The number of halogens is 4. The van der Waals surface area contributed by atoms with Crippen molar-refractivity contribution in [3.05, 3.63) is 53.8 Å². The minimum Gasteiger partial charge on any atom is -0.444 e. The highest BCUT2D eigenvalue weighted by molar-refractivity contribution is 6.00. The van der Waals surface area contributed by atoms with E-state index >= 15 is 0 Å². The number of anilines is 1. The van der Waals surface area contributed by atoms with Gasteiger partial charge in [-0.1, -0.05) is 24.3 Å². The SMILES string of the molecule is CC(C)(C)OC(=O)N1CC[C@H](Nc2nnc(-c3ccc(C(F)(F)F)cc3)c3cccc(F)c23)C1. The first-order valence-corrected chi connectivity index (χ1v) is 10.8. The molecule has 10 heteroatoms. The van der Waals surface area contributed by atoms with Crippen LogP contribution in [0.2, 0.25) is 0 Å². The summed E-state index contributed by atoms with van der Waals surface area (Å²) in [6.07, 6.45) is -4.27. The van der Waals surface area contributed by atoms with Crippen molar-refractivity contribution >= 4 is 22.7 Å². The molecule has 3 aromatic rings. The number of ether oxygens (including phenoxy) is 1. The molecule has 2 heterocycles. The first kappa shape index (κ1) is 23.7. The predicted octanol–water partition coefficient (Wildman–Crippen LogP) is 5.88. The highest BCUT2D eigenvalue weighted by Crippen LogP contribution is 2.35. The number of alkyl halides is 3. The molecule has 34 heavy (non-hydrogen) atoms. The minimum absolute atomic E-state index is 0.183. The van der Waals surface area contributed by atoms with Gasteiger partial charge in [0.05, 0.1) is 10.9 Å². The molecule has 0 spiro atoms. The van der Waals surface area contributed by atoms with Crippen molar-refractivity contribution in [2.75, 3.05) is 18.4 Å². The Balaban J connectivity index is 1.61. The van der Waals surface area contributed by atoms with Gasteiger partial charge < -0.3 is 15.0 Å². The van der Waals surface area contributed by atoms with E-state index in [-0.39, 0.29) is 22.9 Å². The summed E-state index contributed by atoms with van der Waals surface area (Å²) in [5.41, 5.74) is -0.731. The molecule has 0 saturated carbocycles. The summed E-state index contributed by atoms with van der Waals surface area (Å²) in [4.78, 5) is 13.9. The summed E-state index contributed by atoms with van der Waals surface area (Å²) in [5, 5.41) is 12.1. The molecule has 0 unspecified atom stereocenters. The van der Waals surface area contributed by atoms with Crippen LogP contribution in [0, 0.1) is 5.82 Å². The van der Waals surface area contributed by atoms with Crippen molar-refractivity contribution in [2.45, 2.75) is 45.0 Å². The fourth-order valence-electron chi connectivity index (χ4n) is 3.86. The normalized spacial score (nSPS) is 16.7. The third-order valence-corrected chi connectivity index (χ3v) is 5.42. The number of fused-ring (bicyclic) bond motifs is 1. The zero-order valence-electron chi connectivity index (χ0n) is 18.9. The van der Waals surface area contributed by atoms with Crippen LogP contribution in [-0.4, -0.2) is 45.9 Å². The van der Waals surface area contributed by atoms with Gasteiger partial charge in [-0.2, -0.15) is 13.2 Å². The summed E-state index contributed by atoms with van der Waals surface area (Å²) in [5.74, 6) is -0.329. The van der Waals surface area contributed by atoms with E-state index in [1.165, 1.54) is 24.3 Å². The van der Waals surface area contributed by atoms with Gasteiger partial charge in [0, 0.05) is 30.1 Å². The number of carbonyl (C=O) groups is 1. The Kier molecular flexibility index (Phi) is 6.09. The fourth-order valence-corrected chi connectivity index (χ4v) is 3.86. The molecule has 2 aromatic carbocycles. The topological polar surface area (TPSA) is 67.3 Å². The Labute approximate surface area is 193 Å². The molecule has 6 nitrogen and oxygen atoms in total. The zero-order valence-corrected chi connectivity index (χ0v) is 18.9. The van der Waals surface area contributed by atoms with Gasteiger partial charge in [0.1, 0.15) is 17.1 Å². The molecule has 1 aliphatic rings. The van der Waals surface area contributed by atoms with Crippen molar-refractivity contribution in [1.29, 1.82) is 0 Å². The molecule has 0 aliphatic carbocycles. The van der Waals surface area contributed by atoms with E-state index in [1.54, 1.807) is 31.7 Å². The Morgan fingerprint density at radius 1 is 1.09 bits per heavy atom. The molecule has 1 aliphatic heterocycles. The molecule has 180 valence electrons. The maximum absolute atomic E-state index is 14.9. The lowest BCUT2D eigenvalue weighted by Crippen LogP contribution is -2.36. The van der Waals surface area contributed by atoms with Gasteiger partial charge in [-0.3, -0.25) is 0 Å². The van der Waals surface area contributed by atoms with Crippen molar-refractivity contribution in [2.24, 2.45) is 0 Å². The van der Waals surface area contributed by atoms with E-state index in [0.29, 0.717) is 30.5 Å². The number of hydrogen-bond acceptors (Lipinski definition) is 5. The van der Waals surface area contributed by atoms with E-state index in [4.69, 9.17) is 4.74 Å². The van der Waals surface area contributed by atoms with Gasteiger partial charge >= 0.3 is 12.3 Å². The number of nitrogens with zero attached hydrogens (tertiary/aromatic N) is 3.